The van der Waals surface area contributed by atoms with Crippen LogP contribution in [0.1, 0.15) is 24.0 Å². The molecule has 0 heterocycles. The molecule has 2 N–H and O–H groups in total. The highest BCUT2D eigenvalue weighted by atomic mass is 16.2. The second-order valence-corrected chi connectivity index (χ2v) is 5.95. The molecular weight excluding hydrogens is 288 g/mol. The molecule has 1 aliphatic carbocycles. The number of amides is 2. The first kappa shape index (κ1) is 15.3. The number of carbonyl (C=O) groups excluding carboxylic acids is 2. The van der Waals surface area contributed by atoms with Gasteiger partial charge < -0.3 is 10.6 Å². The first-order chi connectivity index (χ1) is 11.1. The summed E-state index contributed by atoms with van der Waals surface area (Å²) >= 11 is 0. The monoisotopic (exact) mass is 308 g/mol. The van der Waals surface area contributed by atoms with E-state index >= 15 is 0 Å². The van der Waals surface area contributed by atoms with Crippen molar-refractivity contribution in [3.8, 4) is 0 Å². The Morgan fingerprint density at radius 2 is 1.61 bits per heavy atom. The summed E-state index contributed by atoms with van der Waals surface area (Å²) in [4.78, 5) is 24.1. The molecule has 3 rings (SSSR count). The van der Waals surface area contributed by atoms with Gasteiger partial charge in [-0.1, -0.05) is 36.4 Å². The summed E-state index contributed by atoms with van der Waals surface area (Å²) in [6, 6.07) is 15.2. The Morgan fingerprint density at radius 3 is 2.26 bits per heavy atom. The maximum Gasteiger partial charge on any atom is 0.228 e. The SMILES string of the molecule is Cc1c(NC(=O)Cc2ccccc2)cccc1NC(=O)C1CC1. The smallest absolute Gasteiger partial charge is 0.228 e. The number of hydrogen-bond donors (Lipinski definition) is 2. The van der Waals surface area contributed by atoms with Gasteiger partial charge in [0.1, 0.15) is 0 Å². The summed E-state index contributed by atoms with van der Waals surface area (Å²) in [5.74, 6) is 0.163. The third kappa shape index (κ3) is 3.97. The van der Waals surface area contributed by atoms with Crippen LogP contribution in [0.25, 0.3) is 0 Å². The van der Waals surface area contributed by atoms with Crippen molar-refractivity contribution < 1.29 is 9.59 Å². The molecule has 0 radical (unpaired) electrons. The van der Waals surface area contributed by atoms with Crippen LogP contribution >= 0.6 is 0 Å². The lowest BCUT2D eigenvalue weighted by atomic mass is 10.1. The van der Waals surface area contributed by atoms with Crippen molar-refractivity contribution in [2.75, 3.05) is 10.6 Å². The molecule has 1 fully saturated rings. The van der Waals surface area contributed by atoms with Gasteiger partial charge in [0, 0.05) is 17.3 Å². The molecule has 118 valence electrons. The van der Waals surface area contributed by atoms with Gasteiger partial charge in [0.25, 0.3) is 0 Å². The van der Waals surface area contributed by atoms with E-state index < -0.39 is 0 Å². The van der Waals surface area contributed by atoms with Crippen molar-refractivity contribution in [1.29, 1.82) is 0 Å². The van der Waals surface area contributed by atoms with Crippen molar-refractivity contribution >= 4 is 23.2 Å². The Hall–Kier alpha value is -2.62. The third-order valence-electron chi connectivity index (χ3n) is 4.02. The van der Waals surface area contributed by atoms with E-state index in [0.717, 1.165) is 35.3 Å². The number of nitrogens with one attached hydrogen (secondary N) is 2. The highest BCUT2D eigenvalue weighted by Crippen LogP contribution is 2.31. The number of rotatable bonds is 5. The van der Waals surface area contributed by atoms with Crippen molar-refractivity contribution in [1.82, 2.24) is 0 Å². The standard InChI is InChI=1S/C19H20N2O2/c1-13-16(20-18(22)12-14-6-3-2-4-7-14)8-5-9-17(13)21-19(23)15-10-11-15/h2-9,15H,10-12H2,1H3,(H,20,22)(H,21,23). The summed E-state index contributed by atoms with van der Waals surface area (Å²) in [5.41, 5.74) is 3.35. The van der Waals surface area contributed by atoms with Crippen LogP contribution in [-0.2, 0) is 16.0 Å². The summed E-state index contributed by atoms with van der Waals surface area (Å²) in [6.07, 6.45) is 2.27. The lowest BCUT2D eigenvalue weighted by Crippen LogP contribution is -2.17. The second kappa shape index (κ2) is 6.65. The fourth-order valence-corrected chi connectivity index (χ4v) is 2.46. The molecule has 0 spiro atoms. The predicted octanol–water partition coefficient (Wildman–Crippen LogP) is 3.52. The lowest BCUT2D eigenvalue weighted by Gasteiger charge is -2.13. The van der Waals surface area contributed by atoms with Gasteiger partial charge >= 0.3 is 0 Å². The Labute approximate surface area is 135 Å². The molecule has 0 aromatic heterocycles. The quantitative estimate of drug-likeness (QED) is 0.888. The van der Waals surface area contributed by atoms with Gasteiger partial charge in [-0.3, -0.25) is 9.59 Å². The van der Waals surface area contributed by atoms with Gasteiger partial charge in [-0.15, -0.1) is 0 Å². The fraction of sp³-hybridized carbons (Fsp3) is 0.263. The van der Waals surface area contributed by atoms with Gasteiger partial charge in [-0.2, -0.15) is 0 Å². The van der Waals surface area contributed by atoms with Crippen LogP contribution in [0.15, 0.2) is 48.5 Å². The van der Waals surface area contributed by atoms with Crippen LogP contribution in [0.4, 0.5) is 11.4 Å². The van der Waals surface area contributed by atoms with Crippen LogP contribution in [-0.4, -0.2) is 11.8 Å². The van der Waals surface area contributed by atoms with E-state index in [0.29, 0.717) is 6.42 Å². The molecule has 2 amide bonds. The molecule has 4 nitrogen and oxygen atoms in total. The first-order valence-electron chi connectivity index (χ1n) is 7.88. The third-order valence-corrected chi connectivity index (χ3v) is 4.02. The minimum Gasteiger partial charge on any atom is -0.326 e. The summed E-state index contributed by atoms with van der Waals surface area (Å²) in [6.45, 7) is 1.90. The van der Waals surface area contributed by atoms with E-state index in [1.54, 1.807) is 0 Å². The van der Waals surface area contributed by atoms with E-state index in [2.05, 4.69) is 10.6 Å². The number of benzene rings is 2. The minimum absolute atomic E-state index is 0.0648. The topological polar surface area (TPSA) is 58.2 Å². The molecular formula is C19H20N2O2. The van der Waals surface area contributed by atoms with E-state index in [1.807, 2.05) is 55.5 Å². The zero-order chi connectivity index (χ0) is 16.2. The van der Waals surface area contributed by atoms with Crippen LogP contribution in [0.5, 0.6) is 0 Å². The highest BCUT2D eigenvalue weighted by Gasteiger charge is 2.29. The molecule has 1 aliphatic rings. The van der Waals surface area contributed by atoms with Gasteiger partial charge in [0.15, 0.2) is 0 Å². The highest BCUT2D eigenvalue weighted by molar-refractivity contribution is 5.97. The summed E-state index contributed by atoms with van der Waals surface area (Å²) in [5, 5.41) is 5.87. The largest absolute Gasteiger partial charge is 0.326 e. The Bertz CT molecular complexity index is 721. The van der Waals surface area contributed by atoms with Crippen molar-refractivity contribution in [2.24, 2.45) is 5.92 Å². The molecule has 0 unspecified atom stereocenters. The second-order valence-electron chi connectivity index (χ2n) is 5.95. The van der Waals surface area contributed by atoms with Crippen molar-refractivity contribution in [3.63, 3.8) is 0 Å². The average molecular weight is 308 g/mol. The van der Waals surface area contributed by atoms with E-state index in [1.165, 1.54) is 0 Å². The molecule has 0 aliphatic heterocycles. The summed E-state index contributed by atoms with van der Waals surface area (Å²) in [7, 11) is 0. The Morgan fingerprint density at radius 1 is 0.957 bits per heavy atom. The first-order valence-corrected chi connectivity index (χ1v) is 7.88. The summed E-state index contributed by atoms with van der Waals surface area (Å²) < 4.78 is 0. The van der Waals surface area contributed by atoms with Gasteiger partial charge in [0.05, 0.1) is 6.42 Å². The molecule has 2 aromatic carbocycles. The van der Waals surface area contributed by atoms with E-state index in [-0.39, 0.29) is 17.7 Å². The van der Waals surface area contributed by atoms with E-state index in [9.17, 15) is 9.59 Å². The molecule has 2 aromatic rings. The number of carbonyl (C=O) groups is 2. The maximum atomic E-state index is 12.2. The maximum absolute atomic E-state index is 12.2. The zero-order valence-corrected chi connectivity index (χ0v) is 13.1. The zero-order valence-electron chi connectivity index (χ0n) is 13.1. The molecule has 1 saturated carbocycles. The molecule has 0 bridgehead atoms. The predicted molar refractivity (Wildman–Crippen MR) is 91.3 cm³/mol. The normalized spacial score (nSPS) is 13.4. The van der Waals surface area contributed by atoms with Crippen LogP contribution < -0.4 is 10.6 Å². The van der Waals surface area contributed by atoms with E-state index in [4.69, 9.17) is 0 Å². The molecule has 4 heteroatoms. The fourth-order valence-electron chi connectivity index (χ4n) is 2.46. The van der Waals surface area contributed by atoms with Crippen LogP contribution in [0, 0.1) is 12.8 Å². The minimum atomic E-state index is -0.0648. The average Bonchev–Trinajstić information content (AvgIpc) is 3.37. The lowest BCUT2D eigenvalue weighted by molar-refractivity contribution is -0.117. The van der Waals surface area contributed by atoms with Gasteiger partial charge in [-0.25, -0.2) is 0 Å². The Kier molecular flexibility index (Phi) is 4.42. The number of anilines is 2. The van der Waals surface area contributed by atoms with Gasteiger partial charge in [0.2, 0.25) is 11.8 Å². The van der Waals surface area contributed by atoms with Crippen molar-refractivity contribution in [3.05, 3.63) is 59.7 Å². The molecule has 0 saturated heterocycles. The number of hydrogen-bond acceptors (Lipinski definition) is 2. The molecule has 0 atom stereocenters. The van der Waals surface area contributed by atoms with Crippen molar-refractivity contribution in [2.45, 2.75) is 26.2 Å². The molecule has 23 heavy (non-hydrogen) atoms. The Balaban J connectivity index is 1.67. The van der Waals surface area contributed by atoms with Gasteiger partial charge in [-0.05, 0) is 43.0 Å². The van der Waals surface area contributed by atoms with Crippen LogP contribution in [0.3, 0.4) is 0 Å². The van der Waals surface area contributed by atoms with Crippen LogP contribution in [0.2, 0.25) is 0 Å².